The fourth-order valence-electron chi connectivity index (χ4n) is 5.39. The summed E-state index contributed by atoms with van der Waals surface area (Å²) >= 11 is 1.49. The number of piperazine rings is 1. The molecule has 4 rings (SSSR count). The fraction of sp³-hybridized carbons (Fsp3) is 0.696. The number of carbonyl (C=O) groups excluding carboxylic acids is 3. The number of anilines is 1. The molecule has 1 aliphatic carbocycles. The van der Waals surface area contributed by atoms with E-state index in [1.165, 1.54) is 22.6 Å². The monoisotopic (exact) mass is 461 g/mol. The predicted octanol–water partition coefficient (Wildman–Crippen LogP) is 1.40. The average molecular weight is 462 g/mol. The Morgan fingerprint density at radius 3 is 2.25 bits per heavy atom. The number of fused-ring (bicyclic) bond motifs is 1. The minimum absolute atomic E-state index is 0.117. The van der Waals surface area contributed by atoms with Crippen molar-refractivity contribution in [1.29, 1.82) is 0 Å². The van der Waals surface area contributed by atoms with Gasteiger partial charge in [0.25, 0.3) is 5.91 Å². The third kappa shape index (κ3) is 5.32. The molecule has 2 atom stereocenters. The smallest absolute Gasteiger partial charge is 0.251 e. The van der Waals surface area contributed by atoms with Crippen LogP contribution in [0, 0.1) is 11.8 Å². The zero-order chi connectivity index (χ0) is 22.8. The van der Waals surface area contributed by atoms with Crippen molar-refractivity contribution in [2.24, 2.45) is 17.6 Å². The van der Waals surface area contributed by atoms with E-state index in [0.29, 0.717) is 28.9 Å². The van der Waals surface area contributed by atoms with E-state index in [1.807, 2.05) is 4.90 Å². The van der Waals surface area contributed by atoms with Gasteiger partial charge in [0.15, 0.2) is 0 Å². The Balaban J connectivity index is 1.24. The molecule has 176 valence electrons. The lowest BCUT2D eigenvalue weighted by Gasteiger charge is -2.38. The lowest BCUT2D eigenvalue weighted by atomic mass is 9.92. The highest BCUT2D eigenvalue weighted by Crippen LogP contribution is 2.38. The van der Waals surface area contributed by atoms with Crippen LogP contribution in [0.25, 0.3) is 0 Å². The number of thiophene rings is 1. The molecule has 0 unspecified atom stereocenters. The summed E-state index contributed by atoms with van der Waals surface area (Å²) < 4.78 is 0. The van der Waals surface area contributed by atoms with Gasteiger partial charge in [0.2, 0.25) is 11.8 Å². The lowest BCUT2D eigenvalue weighted by Crippen LogP contribution is -2.52. The summed E-state index contributed by atoms with van der Waals surface area (Å²) in [7, 11) is 0. The predicted molar refractivity (Wildman–Crippen MR) is 126 cm³/mol. The first-order valence-electron chi connectivity index (χ1n) is 11.8. The molecule has 8 nitrogen and oxygen atoms in total. The number of aryl methyl sites for hydroxylation is 1. The number of nitrogens with one attached hydrogen (secondary N) is 1. The van der Waals surface area contributed by atoms with Crippen molar-refractivity contribution in [1.82, 2.24) is 14.7 Å². The minimum atomic E-state index is -0.463. The number of amides is 3. The van der Waals surface area contributed by atoms with Gasteiger partial charge in [-0.15, -0.1) is 11.3 Å². The van der Waals surface area contributed by atoms with Crippen LogP contribution >= 0.6 is 11.3 Å². The molecule has 1 aromatic rings. The summed E-state index contributed by atoms with van der Waals surface area (Å²) in [5, 5.41) is 3.52. The molecule has 2 fully saturated rings. The summed E-state index contributed by atoms with van der Waals surface area (Å²) in [5.74, 6) is 0.776. The van der Waals surface area contributed by atoms with Crippen molar-refractivity contribution >= 4 is 34.1 Å². The quantitative estimate of drug-likeness (QED) is 0.667. The second kappa shape index (κ2) is 9.89. The molecule has 2 aliphatic heterocycles. The third-order valence-electron chi connectivity index (χ3n) is 6.83. The van der Waals surface area contributed by atoms with Crippen LogP contribution < -0.4 is 11.1 Å². The van der Waals surface area contributed by atoms with Gasteiger partial charge in [-0.1, -0.05) is 13.8 Å². The van der Waals surface area contributed by atoms with Gasteiger partial charge in [0.05, 0.1) is 18.7 Å². The van der Waals surface area contributed by atoms with Gasteiger partial charge in [0.1, 0.15) is 5.00 Å². The normalized spacial score (nSPS) is 24.4. The first kappa shape index (κ1) is 23.2. The van der Waals surface area contributed by atoms with Gasteiger partial charge in [-0.3, -0.25) is 24.2 Å². The minimum Gasteiger partial charge on any atom is -0.365 e. The van der Waals surface area contributed by atoms with E-state index in [0.717, 1.165) is 64.1 Å². The number of nitrogens with two attached hydrogens (primary N) is 1. The lowest BCUT2D eigenvalue weighted by molar-refractivity contribution is -0.135. The highest BCUT2D eigenvalue weighted by atomic mass is 32.1. The number of likely N-dealkylation sites (tertiary alicyclic amines) is 1. The van der Waals surface area contributed by atoms with Crippen molar-refractivity contribution in [2.75, 3.05) is 57.7 Å². The highest BCUT2D eigenvalue weighted by Gasteiger charge is 2.29. The molecular weight excluding hydrogens is 426 g/mol. The van der Waals surface area contributed by atoms with Gasteiger partial charge >= 0.3 is 0 Å². The van der Waals surface area contributed by atoms with Crippen molar-refractivity contribution < 1.29 is 14.4 Å². The van der Waals surface area contributed by atoms with E-state index < -0.39 is 5.91 Å². The molecule has 1 aromatic heterocycles. The van der Waals surface area contributed by atoms with E-state index in [2.05, 4.69) is 29.0 Å². The fourth-order valence-corrected chi connectivity index (χ4v) is 6.70. The first-order chi connectivity index (χ1) is 15.3. The summed E-state index contributed by atoms with van der Waals surface area (Å²) in [5.41, 5.74) is 7.11. The molecule has 9 heteroatoms. The van der Waals surface area contributed by atoms with E-state index in [9.17, 15) is 14.4 Å². The maximum absolute atomic E-state index is 12.7. The zero-order valence-corrected chi connectivity index (χ0v) is 20.0. The Hall–Kier alpha value is -1.97. The maximum Gasteiger partial charge on any atom is 0.251 e. The molecule has 3 aliphatic rings. The summed E-state index contributed by atoms with van der Waals surface area (Å²) in [6, 6.07) is 0. The standard InChI is InChI=1S/C23H35N5O3S/c1-15-10-16(2)12-28(11-15)20(30)14-27-8-6-26(7-9-27)13-19(29)25-23-21(22(24)31)17-4-3-5-18(17)32-23/h15-16H,3-14H2,1-2H3,(H2,24,31)(H,25,29)/t15-,16-/m1/s1. The van der Waals surface area contributed by atoms with Crippen LogP contribution in [0.3, 0.4) is 0 Å². The van der Waals surface area contributed by atoms with E-state index in [4.69, 9.17) is 5.73 Å². The second-order valence-electron chi connectivity index (χ2n) is 9.77. The van der Waals surface area contributed by atoms with Gasteiger partial charge in [-0.2, -0.15) is 0 Å². The molecular formula is C23H35N5O3S. The molecule has 0 aromatic carbocycles. The number of hydrogen-bond acceptors (Lipinski definition) is 6. The summed E-state index contributed by atoms with van der Waals surface area (Å²) in [6.45, 7) is 9.95. The number of piperidine rings is 1. The maximum atomic E-state index is 12.7. The summed E-state index contributed by atoms with van der Waals surface area (Å²) in [6.07, 6.45) is 4.04. The van der Waals surface area contributed by atoms with Crippen molar-refractivity contribution in [3.05, 3.63) is 16.0 Å². The van der Waals surface area contributed by atoms with Gasteiger partial charge < -0.3 is 16.0 Å². The average Bonchev–Trinajstić information content (AvgIpc) is 3.29. The van der Waals surface area contributed by atoms with Crippen LogP contribution in [0.2, 0.25) is 0 Å². The van der Waals surface area contributed by atoms with E-state index in [1.54, 1.807) is 0 Å². The zero-order valence-electron chi connectivity index (χ0n) is 19.2. The molecule has 0 bridgehead atoms. The Bertz CT molecular complexity index is 867. The number of hydrogen-bond donors (Lipinski definition) is 2. The molecule has 3 N–H and O–H groups in total. The van der Waals surface area contributed by atoms with Crippen molar-refractivity contribution in [2.45, 2.75) is 39.5 Å². The number of nitrogens with zero attached hydrogens (tertiary/aromatic N) is 3. The number of carbonyl (C=O) groups is 3. The molecule has 0 spiro atoms. The number of rotatable bonds is 6. The van der Waals surface area contributed by atoms with E-state index in [-0.39, 0.29) is 18.4 Å². The largest absolute Gasteiger partial charge is 0.365 e. The van der Waals surface area contributed by atoms with E-state index >= 15 is 0 Å². The Kier molecular flexibility index (Phi) is 7.17. The summed E-state index contributed by atoms with van der Waals surface area (Å²) in [4.78, 5) is 44.8. The SMILES string of the molecule is C[C@@H]1C[C@@H](C)CN(C(=O)CN2CCN(CC(=O)Nc3sc4c(c3C(N)=O)CCC4)CC2)C1. The van der Waals surface area contributed by atoms with Crippen LogP contribution in [-0.4, -0.2) is 84.8 Å². The highest BCUT2D eigenvalue weighted by molar-refractivity contribution is 7.17. The molecule has 2 saturated heterocycles. The third-order valence-corrected chi connectivity index (χ3v) is 8.04. The van der Waals surface area contributed by atoms with Crippen LogP contribution in [0.1, 0.15) is 47.5 Å². The number of primary amides is 1. The molecule has 3 heterocycles. The van der Waals surface area contributed by atoms with Crippen molar-refractivity contribution in [3.63, 3.8) is 0 Å². The Labute approximate surface area is 194 Å². The first-order valence-corrected chi connectivity index (χ1v) is 12.6. The molecule has 0 saturated carbocycles. The second-order valence-corrected chi connectivity index (χ2v) is 10.9. The van der Waals surface area contributed by atoms with Gasteiger partial charge in [-0.05, 0) is 43.1 Å². The van der Waals surface area contributed by atoms with Crippen LogP contribution in [0.5, 0.6) is 0 Å². The van der Waals surface area contributed by atoms with Gasteiger partial charge in [-0.25, -0.2) is 0 Å². The topological polar surface area (TPSA) is 99.0 Å². The van der Waals surface area contributed by atoms with Crippen LogP contribution in [0.4, 0.5) is 5.00 Å². The Morgan fingerprint density at radius 1 is 1.00 bits per heavy atom. The van der Waals surface area contributed by atoms with Crippen molar-refractivity contribution in [3.8, 4) is 0 Å². The van der Waals surface area contributed by atoms with Crippen LogP contribution in [-0.2, 0) is 22.4 Å². The Morgan fingerprint density at radius 2 is 1.62 bits per heavy atom. The molecule has 0 radical (unpaired) electrons. The van der Waals surface area contributed by atoms with Gasteiger partial charge in [0, 0.05) is 44.1 Å². The van der Waals surface area contributed by atoms with Crippen LogP contribution in [0.15, 0.2) is 0 Å². The molecule has 32 heavy (non-hydrogen) atoms. The molecule has 3 amide bonds.